The number of morpholine rings is 1. The maximum atomic E-state index is 13.2. The molecule has 1 aliphatic rings. The molecule has 0 unspecified atom stereocenters. The Kier molecular flexibility index (Phi) is 7.34. The van der Waals surface area contributed by atoms with Gasteiger partial charge >= 0.3 is 0 Å². The summed E-state index contributed by atoms with van der Waals surface area (Å²) in [5.41, 5.74) is 3.58. The Balaban J connectivity index is 1.54. The second-order valence-corrected chi connectivity index (χ2v) is 9.95. The van der Waals surface area contributed by atoms with E-state index in [1.807, 2.05) is 44.2 Å². The van der Waals surface area contributed by atoms with Crippen molar-refractivity contribution >= 4 is 27.7 Å². The third-order valence-corrected chi connectivity index (χ3v) is 7.66. The molecule has 0 radical (unpaired) electrons. The van der Waals surface area contributed by atoms with Crippen LogP contribution in [0.2, 0.25) is 0 Å². The van der Waals surface area contributed by atoms with E-state index in [0.717, 1.165) is 11.4 Å². The molecule has 1 fully saturated rings. The first kappa shape index (κ1) is 24.6. The van der Waals surface area contributed by atoms with Crippen LogP contribution in [0, 0.1) is 13.8 Å². The van der Waals surface area contributed by atoms with E-state index < -0.39 is 10.0 Å². The zero-order valence-electron chi connectivity index (χ0n) is 19.9. The summed E-state index contributed by atoms with van der Waals surface area (Å²) in [6, 6.07) is 14.5. The summed E-state index contributed by atoms with van der Waals surface area (Å²) < 4.78 is 40.1. The highest BCUT2D eigenvalue weighted by molar-refractivity contribution is 7.89. The monoisotopic (exact) mass is 496 g/mol. The van der Waals surface area contributed by atoms with Gasteiger partial charge in [0, 0.05) is 19.2 Å². The summed E-state index contributed by atoms with van der Waals surface area (Å²) in [5.74, 6) is -0.102. The molecule has 0 bridgehead atoms. The zero-order valence-corrected chi connectivity index (χ0v) is 20.7. The highest BCUT2D eigenvalue weighted by Crippen LogP contribution is 2.29. The van der Waals surface area contributed by atoms with Crippen LogP contribution in [-0.4, -0.2) is 61.8 Å². The number of anilines is 1. The molecular formula is C25H28N4O5S. The summed E-state index contributed by atoms with van der Waals surface area (Å²) in [7, 11) is -2.34. The fourth-order valence-electron chi connectivity index (χ4n) is 3.91. The molecule has 2 heterocycles. The van der Waals surface area contributed by atoms with Crippen LogP contribution in [0.4, 0.5) is 5.69 Å². The average Bonchev–Trinajstić information content (AvgIpc) is 3.16. The number of benzene rings is 2. The average molecular weight is 497 g/mol. The number of hydrogen-bond donors (Lipinski definition) is 1. The van der Waals surface area contributed by atoms with Gasteiger partial charge in [-0.05, 0) is 49.8 Å². The van der Waals surface area contributed by atoms with Gasteiger partial charge in [-0.3, -0.25) is 4.79 Å². The smallest absolute Gasteiger partial charge is 0.248 e. The molecule has 1 aromatic heterocycles. The van der Waals surface area contributed by atoms with Crippen LogP contribution in [0.1, 0.15) is 17.0 Å². The second-order valence-electron chi connectivity index (χ2n) is 8.04. The summed E-state index contributed by atoms with van der Waals surface area (Å²) in [4.78, 5) is 12.7. The molecule has 0 atom stereocenters. The lowest BCUT2D eigenvalue weighted by Gasteiger charge is -2.26. The number of amides is 1. The van der Waals surface area contributed by atoms with Gasteiger partial charge in [0.1, 0.15) is 10.6 Å². The summed E-state index contributed by atoms with van der Waals surface area (Å²) in [6.07, 6.45) is 2.94. The van der Waals surface area contributed by atoms with Gasteiger partial charge < -0.3 is 14.8 Å². The number of ether oxygens (including phenoxy) is 2. The lowest BCUT2D eigenvalue weighted by atomic mass is 10.2. The number of carbonyl (C=O) groups is 1. The molecule has 9 nitrogen and oxygen atoms in total. The van der Waals surface area contributed by atoms with Crippen molar-refractivity contribution in [2.24, 2.45) is 0 Å². The number of aryl methyl sites for hydroxylation is 1. The van der Waals surface area contributed by atoms with Crippen molar-refractivity contribution in [1.82, 2.24) is 14.1 Å². The van der Waals surface area contributed by atoms with Crippen LogP contribution in [0.5, 0.6) is 5.75 Å². The van der Waals surface area contributed by atoms with Gasteiger partial charge in [0.15, 0.2) is 0 Å². The molecule has 4 rings (SSSR count). The van der Waals surface area contributed by atoms with Crippen LogP contribution >= 0.6 is 0 Å². The normalized spacial score (nSPS) is 14.8. The molecule has 1 N–H and O–H groups in total. The standard InChI is InChI=1S/C25H28N4O5S/c1-18-25(19(2)29(27-18)21-7-5-4-6-8-21)26-24(30)12-10-20-9-11-22(33-3)23(17-20)35(31,32)28-13-15-34-16-14-28/h4-12,17H,13-16H2,1-3H3,(H,26,30)/b12-10+. The van der Waals surface area contributed by atoms with Gasteiger partial charge in [-0.15, -0.1) is 0 Å². The van der Waals surface area contributed by atoms with Crippen LogP contribution in [0.25, 0.3) is 11.8 Å². The third-order valence-electron chi connectivity index (χ3n) is 5.74. The molecule has 1 saturated heterocycles. The van der Waals surface area contributed by atoms with Crippen molar-refractivity contribution in [2.45, 2.75) is 18.7 Å². The predicted octanol–water partition coefficient (Wildman–Crippen LogP) is 3.17. The van der Waals surface area contributed by atoms with Crippen LogP contribution in [-0.2, 0) is 19.6 Å². The number of nitrogens with zero attached hydrogens (tertiary/aromatic N) is 3. The maximum absolute atomic E-state index is 13.2. The molecule has 10 heteroatoms. The van der Waals surface area contributed by atoms with Crippen molar-refractivity contribution in [2.75, 3.05) is 38.7 Å². The molecule has 3 aromatic rings. The molecular weight excluding hydrogens is 468 g/mol. The highest BCUT2D eigenvalue weighted by atomic mass is 32.2. The van der Waals surface area contributed by atoms with E-state index in [1.165, 1.54) is 23.6 Å². The minimum atomic E-state index is -3.77. The Labute approximate surface area is 205 Å². The van der Waals surface area contributed by atoms with Crippen LogP contribution < -0.4 is 10.1 Å². The number of rotatable bonds is 7. The first-order valence-electron chi connectivity index (χ1n) is 11.2. The van der Waals surface area contributed by atoms with Gasteiger partial charge in [-0.2, -0.15) is 9.40 Å². The van der Waals surface area contributed by atoms with Gasteiger partial charge in [-0.1, -0.05) is 24.3 Å². The Morgan fingerprint density at radius 3 is 2.51 bits per heavy atom. The third kappa shape index (κ3) is 5.29. The van der Waals surface area contributed by atoms with E-state index in [1.54, 1.807) is 22.9 Å². The summed E-state index contributed by atoms with van der Waals surface area (Å²) >= 11 is 0. The van der Waals surface area contributed by atoms with Crippen LogP contribution in [0.15, 0.2) is 59.5 Å². The number of nitrogens with one attached hydrogen (secondary N) is 1. The molecule has 0 spiro atoms. The van der Waals surface area contributed by atoms with Crippen molar-refractivity contribution in [3.05, 3.63) is 71.6 Å². The molecule has 0 aliphatic carbocycles. The molecule has 1 aliphatic heterocycles. The Morgan fingerprint density at radius 2 is 1.83 bits per heavy atom. The van der Waals surface area contributed by atoms with E-state index in [4.69, 9.17) is 9.47 Å². The first-order chi connectivity index (χ1) is 16.8. The number of methoxy groups -OCH3 is 1. The Hall–Kier alpha value is -3.47. The number of carbonyl (C=O) groups excluding carboxylic acids is 1. The number of aromatic nitrogens is 2. The number of hydrogen-bond acceptors (Lipinski definition) is 6. The SMILES string of the molecule is COc1ccc(/C=C/C(=O)Nc2c(C)nn(-c3ccccc3)c2C)cc1S(=O)(=O)N1CCOCC1. The molecule has 1 amide bonds. The van der Waals surface area contributed by atoms with E-state index in [-0.39, 0.29) is 29.6 Å². The largest absolute Gasteiger partial charge is 0.495 e. The fraction of sp³-hybridized carbons (Fsp3) is 0.280. The lowest BCUT2D eigenvalue weighted by molar-refractivity contribution is -0.111. The molecule has 35 heavy (non-hydrogen) atoms. The van der Waals surface area contributed by atoms with E-state index in [0.29, 0.717) is 30.2 Å². The minimum absolute atomic E-state index is 0.0558. The van der Waals surface area contributed by atoms with Gasteiger partial charge in [0.05, 0.1) is 43.1 Å². The zero-order chi connectivity index (χ0) is 25.0. The van der Waals surface area contributed by atoms with Crippen molar-refractivity contribution in [3.63, 3.8) is 0 Å². The molecule has 184 valence electrons. The summed E-state index contributed by atoms with van der Waals surface area (Å²) in [5, 5.41) is 7.42. The second kappa shape index (κ2) is 10.4. The first-order valence-corrected chi connectivity index (χ1v) is 12.6. The molecule has 2 aromatic carbocycles. The van der Waals surface area contributed by atoms with Gasteiger partial charge in [0.25, 0.3) is 0 Å². The highest BCUT2D eigenvalue weighted by Gasteiger charge is 2.29. The summed E-state index contributed by atoms with van der Waals surface area (Å²) in [6.45, 7) is 4.98. The number of sulfonamides is 1. The predicted molar refractivity (Wildman–Crippen MR) is 133 cm³/mol. The van der Waals surface area contributed by atoms with Crippen molar-refractivity contribution in [3.8, 4) is 11.4 Å². The van der Waals surface area contributed by atoms with Crippen molar-refractivity contribution < 1.29 is 22.7 Å². The van der Waals surface area contributed by atoms with Gasteiger partial charge in [0.2, 0.25) is 15.9 Å². The fourth-order valence-corrected chi connectivity index (χ4v) is 5.50. The Morgan fingerprint density at radius 1 is 1.11 bits per heavy atom. The topological polar surface area (TPSA) is 103 Å². The van der Waals surface area contributed by atoms with E-state index in [2.05, 4.69) is 10.4 Å². The van der Waals surface area contributed by atoms with Crippen LogP contribution in [0.3, 0.4) is 0 Å². The quantitative estimate of drug-likeness (QED) is 0.504. The van der Waals surface area contributed by atoms with E-state index >= 15 is 0 Å². The lowest BCUT2D eigenvalue weighted by Crippen LogP contribution is -2.40. The number of para-hydroxylation sites is 1. The van der Waals surface area contributed by atoms with Crippen molar-refractivity contribution in [1.29, 1.82) is 0 Å². The Bertz CT molecular complexity index is 1340. The van der Waals surface area contributed by atoms with Gasteiger partial charge in [-0.25, -0.2) is 13.1 Å². The minimum Gasteiger partial charge on any atom is -0.495 e. The molecule has 0 saturated carbocycles. The van der Waals surface area contributed by atoms with E-state index in [9.17, 15) is 13.2 Å². The maximum Gasteiger partial charge on any atom is 0.248 e.